The molecule has 2 aromatic rings. The molecule has 0 spiro atoms. The summed E-state index contributed by atoms with van der Waals surface area (Å²) in [6.07, 6.45) is 3.52. The van der Waals surface area contributed by atoms with Crippen molar-refractivity contribution in [2.75, 3.05) is 24.6 Å². The van der Waals surface area contributed by atoms with Gasteiger partial charge in [-0.2, -0.15) is 0 Å². The van der Waals surface area contributed by atoms with Gasteiger partial charge in [0.2, 0.25) is 5.91 Å². The highest BCUT2D eigenvalue weighted by Gasteiger charge is 2.29. The first-order chi connectivity index (χ1) is 13.3. The average Bonchev–Trinajstić information content (AvgIpc) is 3.28. The Morgan fingerprint density at radius 1 is 1.39 bits per heavy atom. The maximum Gasteiger partial charge on any atom is 0.259 e. The van der Waals surface area contributed by atoms with Gasteiger partial charge in [-0.05, 0) is 37.8 Å². The molecule has 0 radical (unpaired) electrons. The minimum Gasteiger partial charge on any atom is -0.351 e. The van der Waals surface area contributed by atoms with Crippen LogP contribution in [0.2, 0.25) is 0 Å². The molecular weight excluding hydrogens is 400 g/mol. The van der Waals surface area contributed by atoms with Crippen LogP contribution < -0.4 is 10.9 Å². The Hall–Kier alpha value is -1.78. The standard InChI is InChI=1S/C18H24N4O4S2/c1-2-22(9-15(23)19-11-6-7-28(25,26)10-11)8-14-20-17(24)16-12-4-3-5-13(12)27-18(16)21-14/h11H,2-10H2,1H3,(H,19,23)(H,20,21,24). The number of carbonyl (C=O) groups is 1. The molecule has 1 atom stereocenters. The van der Waals surface area contributed by atoms with Gasteiger partial charge in [-0.25, -0.2) is 13.4 Å². The van der Waals surface area contributed by atoms with Crippen LogP contribution >= 0.6 is 11.3 Å². The molecule has 3 heterocycles. The van der Waals surface area contributed by atoms with Gasteiger partial charge in [-0.15, -0.1) is 11.3 Å². The highest BCUT2D eigenvalue weighted by Crippen LogP contribution is 2.34. The second-order valence-corrected chi connectivity index (χ2v) is 10.8. The van der Waals surface area contributed by atoms with Gasteiger partial charge in [0.1, 0.15) is 10.7 Å². The molecule has 1 fully saturated rings. The van der Waals surface area contributed by atoms with Crippen molar-refractivity contribution < 1.29 is 13.2 Å². The molecule has 1 aliphatic carbocycles. The quantitative estimate of drug-likeness (QED) is 0.702. The first-order valence-corrected chi connectivity index (χ1v) is 12.2. The zero-order chi connectivity index (χ0) is 19.9. The van der Waals surface area contributed by atoms with Crippen LogP contribution in [0.5, 0.6) is 0 Å². The van der Waals surface area contributed by atoms with Crippen molar-refractivity contribution in [3.8, 4) is 0 Å². The van der Waals surface area contributed by atoms with Crippen molar-refractivity contribution in [3.63, 3.8) is 0 Å². The number of hydrogen-bond acceptors (Lipinski definition) is 7. The van der Waals surface area contributed by atoms with Gasteiger partial charge in [0.05, 0.1) is 30.0 Å². The van der Waals surface area contributed by atoms with E-state index in [4.69, 9.17) is 0 Å². The zero-order valence-corrected chi connectivity index (χ0v) is 17.4. The number of thiophene rings is 1. The maximum absolute atomic E-state index is 12.6. The number of nitrogens with one attached hydrogen (secondary N) is 2. The number of rotatable bonds is 6. The molecule has 152 valence electrons. The topological polar surface area (TPSA) is 112 Å². The third-order valence-electron chi connectivity index (χ3n) is 5.41. The number of amides is 1. The number of H-pyrrole nitrogens is 1. The maximum atomic E-state index is 12.6. The number of carbonyl (C=O) groups excluding carboxylic acids is 1. The lowest BCUT2D eigenvalue weighted by molar-refractivity contribution is -0.122. The van der Waals surface area contributed by atoms with Gasteiger partial charge in [0, 0.05) is 10.9 Å². The molecular formula is C18H24N4O4S2. The van der Waals surface area contributed by atoms with Crippen molar-refractivity contribution in [2.45, 2.75) is 45.2 Å². The molecule has 8 nitrogen and oxygen atoms in total. The summed E-state index contributed by atoms with van der Waals surface area (Å²) in [4.78, 5) is 36.3. The predicted octanol–water partition coefficient (Wildman–Crippen LogP) is 0.599. The van der Waals surface area contributed by atoms with E-state index in [9.17, 15) is 18.0 Å². The number of aromatic amines is 1. The minimum absolute atomic E-state index is 0.0133. The molecule has 1 unspecified atom stereocenters. The molecule has 0 bridgehead atoms. The molecule has 1 aliphatic heterocycles. The lowest BCUT2D eigenvalue weighted by Crippen LogP contribution is -2.42. The van der Waals surface area contributed by atoms with E-state index >= 15 is 0 Å². The minimum atomic E-state index is -3.03. The summed E-state index contributed by atoms with van der Waals surface area (Å²) >= 11 is 1.60. The Morgan fingerprint density at radius 2 is 2.21 bits per heavy atom. The van der Waals surface area contributed by atoms with Crippen molar-refractivity contribution >= 4 is 37.3 Å². The van der Waals surface area contributed by atoms with Crippen molar-refractivity contribution in [2.24, 2.45) is 0 Å². The first-order valence-electron chi connectivity index (χ1n) is 9.60. The zero-order valence-electron chi connectivity index (χ0n) is 15.8. The molecule has 28 heavy (non-hydrogen) atoms. The van der Waals surface area contributed by atoms with Crippen molar-refractivity contribution in [3.05, 3.63) is 26.6 Å². The highest BCUT2D eigenvalue weighted by atomic mass is 32.2. The molecule has 0 saturated carbocycles. The second-order valence-electron chi connectivity index (χ2n) is 7.52. The van der Waals surface area contributed by atoms with Crippen LogP contribution in [-0.4, -0.2) is 59.8 Å². The van der Waals surface area contributed by atoms with Crippen molar-refractivity contribution in [1.29, 1.82) is 0 Å². The third kappa shape index (κ3) is 3.99. The van der Waals surface area contributed by atoms with Crippen LogP contribution in [0.15, 0.2) is 4.79 Å². The summed E-state index contributed by atoms with van der Waals surface area (Å²) < 4.78 is 23.1. The van der Waals surface area contributed by atoms with E-state index in [1.54, 1.807) is 11.3 Å². The molecule has 1 amide bonds. The van der Waals surface area contributed by atoms with E-state index in [2.05, 4.69) is 15.3 Å². The SMILES string of the molecule is CCN(CC(=O)NC1CCS(=O)(=O)C1)Cc1nc2sc3c(c2c(=O)[nH]1)CCC3. The Balaban J connectivity index is 1.43. The largest absolute Gasteiger partial charge is 0.351 e. The summed E-state index contributed by atoms with van der Waals surface area (Å²) in [5.41, 5.74) is 1.05. The van der Waals surface area contributed by atoms with Crippen molar-refractivity contribution in [1.82, 2.24) is 20.2 Å². The Bertz CT molecular complexity index is 1070. The van der Waals surface area contributed by atoms with E-state index in [-0.39, 0.29) is 35.6 Å². The number of aryl methyl sites for hydroxylation is 2. The fourth-order valence-corrected chi connectivity index (χ4v) is 6.95. The van der Waals surface area contributed by atoms with E-state index in [1.807, 2.05) is 11.8 Å². The van der Waals surface area contributed by atoms with Gasteiger partial charge in [0.25, 0.3) is 5.56 Å². The average molecular weight is 425 g/mol. The summed E-state index contributed by atoms with van der Waals surface area (Å²) in [5, 5.41) is 3.53. The summed E-state index contributed by atoms with van der Waals surface area (Å²) in [6.45, 7) is 3.04. The Labute approximate surface area is 167 Å². The number of nitrogens with zero attached hydrogens (tertiary/aromatic N) is 2. The molecule has 10 heteroatoms. The van der Waals surface area contributed by atoms with Gasteiger partial charge in [-0.1, -0.05) is 6.92 Å². The van der Waals surface area contributed by atoms with Crippen LogP contribution in [0.25, 0.3) is 10.2 Å². The summed E-state index contributed by atoms with van der Waals surface area (Å²) in [5.74, 6) is 0.489. The predicted molar refractivity (Wildman–Crippen MR) is 108 cm³/mol. The number of hydrogen-bond donors (Lipinski definition) is 2. The smallest absolute Gasteiger partial charge is 0.259 e. The van der Waals surface area contributed by atoms with Crippen LogP contribution in [0.1, 0.15) is 36.0 Å². The Kier molecular flexibility index (Phi) is 5.28. The van der Waals surface area contributed by atoms with Gasteiger partial charge < -0.3 is 10.3 Å². The lowest BCUT2D eigenvalue weighted by atomic mass is 10.2. The highest BCUT2D eigenvalue weighted by molar-refractivity contribution is 7.91. The fourth-order valence-electron chi connectivity index (χ4n) is 4.00. The molecule has 4 rings (SSSR count). The fraction of sp³-hybridized carbons (Fsp3) is 0.611. The number of likely N-dealkylation sites (N-methyl/N-ethyl adjacent to an activating group) is 1. The number of aromatic nitrogens is 2. The molecule has 2 N–H and O–H groups in total. The van der Waals surface area contributed by atoms with Crippen LogP contribution in [0.3, 0.4) is 0 Å². The van der Waals surface area contributed by atoms with Gasteiger partial charge in [-0.3, -0.25) is 14.5 Å². The summed E-state index contributed by atoms with van der Waals surface area (Å²) in [7, 11) is -3.03. The van der Waals surface area contributed by atoms with E-state index < -0.39 is 9.84 Å². The number of sulfone groups is 1. The normalized spacial score (nSPS) is 20.7. The van der Waals surface area contributed by atoms with E-state index in [0.717, 1.165) is 35.0 Å². The second kappa shape index (κ2) is 7.57. The van der Waals surface area contributed by atoms with Crippen LogP contribution in [0, 0.1) is 0 Å². The molecule has 2 aliphatic rings. The van der Waals surface area contributed by atoms with E-state index in [1.165, 1.54) is 4.88 Å². The third-order valence-corrected chi connectivity index (χ3v) is 8.36. The Morgan fingerprint density at radius 3 is 2.93 bits per heavy atom. The first kappa shape index (κ1) is 19.5. The lowest BCUT2D eigenvalue weighted by Gasteiger charge is -2.20. The van der Waals surface area contributed by atoms with Crippen LogP contribution in [0.4, 0.5) is 0 Å². The summed E-state index contributed by atoms with van der Waals surface area (Å²) in [6, 6.07) is -0.306. The molecule has 1 saturated heterocycles. The number of fused-ring (bicyclic) bond motifs is 3. The van der Waals surface area contributed by atoms with Gasteiger partial charge in [0.15, 0.2) is 9.84 Å². The van der Waals surface area contributed by atoms with Crippen LogP contribution in [-0.2, 0) is 34.0 Å². The molecule has 0 aromatic carbocycles. The van der Waals surface area contributed by atoms with Gasteiger partial charge >= 0.3 is 0 Å². The molecule has 2 aromatic heterocycles. The van der Waals surface area contributed by atoms with E-state index in [0.29, 0.717) is 25.3 Å². The monoisotopic (exact) mass is 424 g/mol.